The summed E-state index contributed by atoms with van der Waals surface area (Å²) in [5, 5.41) is 0. The first-order valence-corrected chi connectivity index (χ1v) is 6.84. The largest absolute Gasteiger partial charge is 0.330 e. The molecule has 1 fully saturated rings. The maximum absolute atomic E-state index is 13.2. The zero-order valence-electron chi connectivity index (χ0n) is 10.2. The fraction of sp³-hybridized carbons (Fsp3) is 0.538. The third kappa shape index (κ3) is 4.19. The van der Waals surface area contributed by atoms with Crippen LogP contribution in [-0.2, 0) is 6.54 Å². The van der Waals surface area contributed by atoms with E-state index in [2.05, 4.69) is 20.8 Å². The zero-order chi connectivity index (χ0) is 12.3. The molecule has 2 N–H and O–H groups in total. The summed E-state index contributed by atoms with van der Waals surface area (Å²) in [6.07, 6.45) is 2.31. The van der Waals surface area contributed by atoms with Crippen molar-refractivity contribution < 1.29 is 4.39 Å². The maximum atomic E-state index is 13.2. The van der Waals surface area contributed by atoms with Crippen LogP contribution in [0.25, 0.3) is 0 Å². The third-order valence-electron chi connectivity index (χ3n) is 3.44. The standard InChI is InChI=1S/C13H18BrFN2.ClH/c14-13-2-1-12(15)7-11(13)9-17-5-3-10(8-16)4-6-17;/h1-2,7,10H,3-6,8-9,16H2;1H. The van der Waals surface area contributed by atoms with Gasteiger partial charge >= 0.3 is 0 Å². The van der Waals surface area contributed by atoms with Crippen molar-refractivity contribution in [1.29, 1.82) is 0 Å². The quantitative estimate of drug-likeness (QED) is 0.918. The number of nitrogens with two attached hydrogens (primary N) is 1. The highest BCUT2D eigenvalue weighted by molar-refractivity contribution is 9.10. The van der Waals surface area contributed by atoms with E-state index in [1.165, 1.54) is 6.07 Å². The van der Waals surface area contributed by atoms with Crippen molar-refractivity contribution in [3.63, 3.8) is 0 Å². The highest BCUT2D eigenvalue weighted by Gasteiger charge is 2.18. The second-order valence-electron chi connectivity index (χ2n) is 4.69. The molecule has 1 aromatic rings. The lowest BCUT2D eigenvalue weighted by atomic mass is 9.97. The van der Waals surface area contributed by atoms with E-state index in [1.54, 1.807) is 12.1 Å². The van der Waals surface area contributed by atoms with Crippen molar-refractivity contribution in [2.24, 2.45) is 11.7 Å². The van der Waals surface area contributed by atoms with Crippen molar-refractivity contribution in [1.82, 2.24) is 4.90 Å². The predicted molar refractivity (Wildman–Crippen MR) is 78.4 cm³/mol. The molecule has 1 aliphatic rings. The summed E-state index contributed by atoms with van der Waals surface area (Å²) in [7, 11) is 0. The number of halogens is 3. The van der Waals surface area contributed by atoms with Crippen LogP contribution in [0.1, 0.15) is 18.4 Å². The Bertz CT molecular complexity index is 381. The van der Waals surface area contributed by atoms with Crippen LogP contribution in [0.5, 0.6) is 0 Å². The van der Waals surface area contributed by atoms with Crippen molar-refractivity contribution in [3.05, 3.63) is 34.1 Å². The molecule has 1 aromatic carbocycles. The molecule has 2 rings (SSSR count). The van der Waals surface area contributed by atoms with Gasteiger partial charge in [0.1, 0.15) is 5.82 Å². The average Bonchev–Trinajstić information content (AvgIpc) is 2.35. The molecule has 0 radical (unpaired) electrons. The van der Waals surface area contributed by atoms with Crippen LogP contribution in [0.4, 0.5) is 4.39 Å². The van der Waals surface area contributed by atoms with Crippen LogP contribution in [0.15, 0.2) is 22.7 Å². The smallest absolute Gasteiger partial charge is 0.123 e. The molecule has 0 bridgehead atoms. The molecule has 18 heavy (non-hydrogen) atoms. The van der Waals surface area contributed by atoms with Crippen LogP contribution in [0.3, 0.4) is 0 Å². The first-order valence-electron chi connectivity index (χ1n) is 6.05. The predicted octanol–water partition coefficient (Wildman–Crippen LogP) is 3.18. The number of hydrogen-bond acceptors (Lipinski definition) is 2. The van der Waals surface area contributed by atoms with Gasteiger partial charge < -0.3 is 5.73 Å². The minimum absolute atomic E-state index is 0. The number of benzene rings is 1. The van der Waals surface area contributed by atoms with Gasteiger partial charge in [-0.15, -0.1) is 12.4 Å². The number of piperidine rings is 1. The molecule has 102 valence electrons. The summed E-state index contributed by atoms with van der Waals surface area (Å²) < 4.78 is 14.1. The van der Waals surface area contributed by atoms with Gasteiger partial charge in [0.25, 0.3) is 0 Å². The summed E-state index contributed by atoms with van der Waals surface area (Å²) >= 11 is 3.47. The molecule has 1 saturated heterocycles. The Balaban J connectivity index is 0.00000162. The van der Waals surface area contributed by atoms with E-state index in [-0.39, 0.29) is 18.2 Å². The molecular weight excluding hydrogens is 319 g/mol. The summed E-state index contributed by atoms with van der Waals surface area (Å²) in [6.45, 7) is 3.72. The van der Waals surface area contributed by atoms with E-state index in [0.717, 1.165) is 49.1 Å². The fourth-order valence-corrected chi connectivity index (χ4v) is 2.66. The molecule has 0 amide bonds. The maximum Gasteiger partial charge on any atom is 0.123 e. The number of hydrogen-bond donors (Lipinski definition) is 1. The summed E-state index contributed by atoms with van der Waals surface area (Å²) in [5.74, 6) is 0.502. The van der Waals surface area contributed by atoms with Crippen molar-refractivity contribution in [2.45, 2.75) is 19.4 Å². The molecule has 1 aliphatic heterocycles. The highest BCUT2D eigenvalue weighted by atomic mass is 79.9. The van der Waals surface area contributed by atoms with Crippen molar-refractivity contribution >= 4 is 28.3 Å². The summed E-state index contributed by atoms with van der Waals surface area (Å²) in [5.41, 5.74) is 6.69. The van der Waals surface area contributed by atoms with Gasteiger partial charge in [-0.2, -0.15) is 0 Å². The Hall–Kier alpha value is -0.160. The van der Waals surface area contributed by atoms with Gasteiger partial charge in [-0.3, -0.25) is 4.90 Å². The Labute approximate surface area is 122 Å². The lowest BCUT2D eigenvalue weighted by Gasteiger charge is -2.31. The summed E-state index contributed by atoms with van der Waals surface area (Å²) in [6, 6.07) is 4.87. The molecule has 5 heteroatoms. The number of nitrogens with zero attached hydrogens (tertiary/aromatic N) is 1. The summed E-state index contributed by atoms with van der Waals surface area (Å²) in [4.78, 5) is 2.37. The number of likely N-dealkylation sites (tertiary alicyclic amines) is 1. The molecular formula is C13H19BrClFN2. The van der Waals surface area contributed by atoms with Gasteiger partial charge in [0.05, 0.1) is 0 Å². The molecule has 0 aliphatic carbocycles. The van der Waals surface area contributed by atoms with Gasteiger partial charge in [-0.25, -0.2) is 4.39 Å². The molecule has 0 unspecified atom stereocenters. The Kier molecular flexibility index (Phi) is 6.57. The van der Waals surface area contributed by atoms with Gasteiger partial charge in [0.2, 0.25) is 0 Å². The van der Waals surface area contributed by atoms with Crippen molar-refractivity contribution in [2.75, 3.05) is 19.6 Å². The van der Waals surface area contributed by atoms with Crippen LogP contribution in [0, 0.1) is 11.7 Å². The van der Waals surface area contributed by atoms with Crippen LogP contribution in [-0.4, -0.2) is 24.5 Å². The topological polar surface area (TPSA) is 29.3 Å². The Morgan fingerprint density at radius 3 is 2.61 bits per heavy atom. The number of rotatable bonds is 3. The molecule has 0 aromatic heterocycles. The van der Waals surface area contributed by atoms with Gasteiger partial charge in [0, 0.05) is 11.0 Å². The Morgan fingerprint density at radius 2 is 2.00 bits per heavy atom. The SMILES string of the molecule is Cl.NCC1CCN(Cc2cc(F)ccc2Br)CC1. The average molecular weight is 338 g/mol. The highest BCUT2D eigenvalue weighted by Crippen LogP contribution is 2.22. The van der Waals surface area contributed by atoms with Gasteiger partial charge in [-0.1, -0.05) is 15.9 Å². The lowest BCUT2D eigenvalue weighted by molar-refractivity contribution is 0.180. The van der Waals surface area contributed by atoms with E-state index >= 15 is 0 Å². The fourth-order valence-electron chi connectivity index (χ4n) is 2.29. The third-order valence-corrected chi connectivity index (χ3v) is 4.22. The molecule has 2 nitrogen and oxygen atoms in total. The van der Waals surface area contributed by atoms with Crippen LogP contribution < -0.4 is 5.73 Å². The molecule has 1 heterocycles. The monoisotopic (exact) mass is 336 g/mol. The second-order valence-corrected chi connectivity index (χ2v) is 5.55. The van der Waals surface area contributed by atoms with Crippen LogP contribution in [0.2, 0.25) is 0 Å². The van der Waals surface area contributed by atoms with Gasteiger partial charge in [-0.05, 0) is 62.2 Å². The van der Waals surface area contributed by atoms with E-state index in [9.17, 15) is 4.39 Å². The van der Waals surface area contributed by atoms with Crippen LogP contribution >= 0.6 is 28.3 Å². The Morgan fingerprint density at radius 1 is 1.33 bits per heavy atom. The van der Waals surface area contributed by atoms with E-state index in [1.807, 2.05) is 0 Å². The van der Waals surface area contributed by atoms with Gasteiger partial charge in [0.15, 0.2) is 0 Å². The first-order chi connectivity index (χ1) is 8.19. The molecule has 0 atom stereocenters. The van der Waals surface area contributed by atoms with E-state index in [4.69, 9.17) is 5.73 Å². The van der Waals surface area contributed by atoms with Crippen molar-refractivity contribution in [3.8, 4) is 0 Å². The lowest BCUT2D eigenvalue weighted by Crippen LogP contribution is -2.35. The molecule has 0 saturated carbocycles. The first kappa shape index (κ1) is 15.9. The van der Waals surface area contributed by atoms with E-state index < -0.39 is 0 Å². The van der Waals surface area contributed by atoms with E-state index in [0.29, 0.717) is 5.92 Å². The second kappa shape index (κ2) is 7.43. The minimum Gasteiger partial charge on any atom is -0.330 e. The zero-order valence-corrected chi connectivity index (χ0v) is 12.6. The molecule has 0 spiro atoms. The minimum atomic E-state index is -0.167. The normalized spacial score (nSPS) is 17.5.